The van der Waals surface area contributed by atoms with Gasteiger partial charge in [-0.25, -0.2) is 4.98 Å². The standard InChI is InChI=1S/C20H21ClN4.2ClH/c1-14(2)22-11-12-24-19(15-7-9-16(21)10-8-15)13-25-18-6-4-3-5-17(18)23-20(24)25;;/h3-10,13-14,22H,11-12H2,1-2H3;2*1H. The summed E-state index contributed by atoms with van der Waals surface area (Å²) in [6.07, 6.45) is 2.17. The molecule has 0 saturated carbocycles. The molecule has 0 amide bonds. The van der Waals surface area contributed by atoms with Gasteiger partial charge in [-0.15, -0.1) is 24.8 Å². The first-order chi connectivity index (χ1) is 12.1. The number of hydrogen-bond acceptors (Lipinski definition) is 2. The maximum atomic E-state index is 6.06. The van der Waals surface area contributed by atoms with Gasteiger partial charge in [0.15, 0.2) is 0 Å². The van der Waals surface area contributed by atoms with Crippen molar-refractivity contribution < 1.29 is 0 Å². The number of halogens is 3. The summed E-state index contributed by atoms with van der Waals surface area (Å²) < 4.78 is 4.45. The molecule has 0 aliphatic rings. The fourth-order valence-corrected chi connectivity index (χ4v) is 3.31. The van der Waals surface area contributed by atoms with Gasteiger partial charge in [-0.3, -0.25) is 4.40 Å². The van der Waals surface area contributed by atoms with E-state index in [0.717, 1.165) is 46.2 Å². The first kappa shape index (κ1) is 21.6. The van der Waals surface area contributed by atoms with Crippen LogP contribution in [-0.4, -0.2) is 26.5 Å². The molecule has 1 N–H and O–H groups in total. The highest BCUT2D eigenvalue weighted by molar-refractivity contribution is 6.30. The third-order valence-corrected chi connectivity index (χ3v) is 4.64. The second-order valence-corrected chi connectivity index (χ2v) is 6.99. The molecule has 2 aromatic carbocycles. The summed E-state index contributed by atoms with van der Waals surface area (Å²) in [5.41, 5.74) is 4.44. The van der Waals surface area contributed by atoms with E-state index < -0.39 is 0 Å². The van der Waals surface area contributed by atoms with Gasteiger partial charge in [-0.2, -0.15) is 0 Å². The first-order valence-corrected chi connectivity index (χ1v) is 8.97. The first-order valence-electron chi connectivity index (χ1n) is 8.59. The molecule has 4 aromatic rings. The average Bonchev–Trinajstić information content (AvgIpc) is 3.12. The molecule has 2 aromatic heterocycles. The molecule has 0 aliphatic heterocycles. The highest BCUT2D eigenvalue weighted by atomic mass is 35.5. The van der Waals surface area contributed by atoms with Gasteiger partial charge in [0.25, 0.3) is 0 Å². The molecule has 0 bridgehead atoms. The minimum absolute atomic E-state index is 0. The van der Waals surface area contributed by atoms with Gasteiger partial charge in [-0.05, 0) is 29.8 Å². The molecule has 144 valence electrons. The number of aromatic nitrogens is 3. The van der Waals surface area contributed by atoms with E-state index in [1.54, 1.807) is 0 Å². The van der Waals surface area contributed by atoms with E-state index in [1.807, 2.05) is 18.2 Å². The quantitative estimate of drug-likeness (QED) is 0.461. The van der Waals surface area contributed by atoms with Crippen LogP contribution in [0, 0.1) is 0 Å². The van der Waals surface area contributed by atoms with Gasteiger partial charge < -0.3 is 9.88 Å². The number of rotatable bonds is 5. The Kier molecular flexibility index (Phi) is 7.18. The summed E-state index contributed by atoms with van der Waals surface area (Å²) in [4.78, 5) is 4.85. The van der Waals surface area contributed by atoms with Gasteiger partial charge in [-0.1, -0.05) is 49.7 Å². The highest BCUT2D eigenvalue weighted by Crippen LogP contribution is 2.27. The monoisotopic (exact) mass is 424 g/mol. The Morgan fingerprint density at radius 1 is 1.04 bits per heavy atom. The topological polar surface area (TPSA) is 34.3 Å². The van der Waals surface area contributed by atoms with Crippen LogP contribution in [0.4, 0.5) is 0 Å². The summed E-state index contributed by atoms with van der Waals surface area (Å²) in [6, 6.07) is 16.7. The molecule has 4 nitrogen and oxygen atoms in total. The van der Waals surface area contributed by atoms with Crippen LogP contribution < -0.4 is 5.32 Å². The lowest BCUT2D eigenvalue weighted by Gasteiger charge is -2.12. The Hall–Kier alpha value is -1.72. The Balaban J connectivity index is 0.00000131. The minimum Gasteiger partial charge on any atom is -0.313 e. The molecule has 0 fully saturated rings. The summed E-state index contributed by atoms with van der Waals surface area (Å²) in [5, 5.41) is 4.24. The molecular formula is C20H23Cl3N4. The Morgan fingerprint density at radius 2 is 1.74 bits per heavy atom. The van der Waals surface area contributed by atoms with Gasteiger partial charge in [0, 0.05) is 30.4 Å². The smallest absolute Gasteiger partial charge is 0.215 e. The van der Waals surface area contributed by atoms with E-state index in [1.165, 1.54) is 0 Å². The Labute approximate surface area is 176 Å². The summed E-state index contributed by atoms with van der Waals surface area (Å²) in [5.74, 6) is 0.969. The zero-order chi connectivity index (χ0) is 17.4. The lowest BCUT2D eigenvalue weighted by Crippen LogP contribution is -2.26. The number of imidazole rings is 2. The fourth-order valence-electron chi connectivity index (χ4n) is 3.19. The second-order valence-electron chi connectivity index (χ2n) is 6.55. The maximum absolute atomic E-state index is 6.06. The molecule has 2 heterocycles. The summed E-state index contributed by atoms with van der Waals surface area (Å²) in [7, 11) is 0. The van der Waals surface area contributed by atoms with Crippen molar-refractivity contribution in [3.05, 3.63) is 59.8 Å². The molecule has 0 aliphatic carbocycles. The molecule has 27 heavy (non-hydrogen) atoms. The second kappa shape index (κ2) is 8.98. The van der Waals surface area contributed by atoms with Crippen molar-refractivity contribution >= 4 is 53.2 Å². The SMILES string of the molecule is CC(C)NCCn1c(-c2ccc(Cl)cc2)cn2c3ccccc3nc12.Cl.Cl. The number of hydrogen-bond donors (Lipinski definition) is 1. The van der Waals surface area contributed by atoms with Crippen molar-refractivity contribution in [1.29, 1.82) is 0 Å². The van der Waals surface area contributed by atoms with E-state index in [4.69, 9.17) is 16.6 Å². The molecule has 0 spiro atoms. The van der Waals surface area contributed by atoms with Gasteiger partial charge >= 0.3 is 0 Å². The number of fused-ring (bicyclic) bond motifs is 3. The van der Waals surface area contributed by atoms with E-state index in [2.05, 4.69) is 64.7 Å². The van der Waals surface area contributed by atoms with Crippen molar-refractivity contribution in [3.8, 4) is 11.3 Å². The number of nitrogens with one attached hydrogen (secondary N) is 1. The molecule has 0 saturated heterocycles. The molecule has 0 unspecified atom stereocenters. The van der Waals surface area contributed by atoms with Gasteiger partial charge in [0.1, 0.15) is 0 Å². The Morgan fingerprint density at radius 3 is 2.44 bits per heavy atom. The van der Waals surface area contributed by atoms with E-state index in [-0.39, 0.29) is 24.8 Å². The summed E-state index contributed by atoms with van der Waals surface area (Å²) in [6.45, 7) is 6.08. The van der Waals surface area contributed by atoms with Crippen molar-refractivity contribution in [2.24, 2.45) is 0 Å². The highest BCUT2D eigenvalue weighted by Gasteiger charge is 2.15. The molecule has 0 radical (unpaired) electrons. The van der Waals surface area contributed by atoms with Crippen molar-refractivity contribution in [3.63, 3.8) is 0 Å². The van der Waals surface area contributed by atoms with Crippen LogP contribution in [0.5, 0.6) is 0 Å². The third-order valence-electron chi connectivity index (χ3n) is 4.39. The van der Waals surface area contributed by atoms with Crippen molar-refractivity contribution in [2.75, 3.05) is 6.54 Å². The van der Waals surface area contributed by atoms with Crippen molar-refractivity contribution in [1.82, 2.24) is 19.3 Å². The predicted octanol–water partition coefficient (Wildman–Crippen LogP) is 5.45. The van der Waals surface area contributed by atoms with Gasteiger partial charge in [0.05, 0.1) is 16.7 Å². The average molecular weight is 426 g/mol. The molecule has 0 atom stereocenters. The maximum Gasteiger partial charge on any atom is 0.215 e. The zero-order valence-corrected chi connectivity index (χ0v) is 17.6. The third kappa shape index (κ3) is 4.25. The van der Waals surface area contributed by atoms with Crippen LogP contribution in [0.3, 0.4) is 0 Å². The van der Waals surface area contributed by atoms with Crippen LogP contribution in [0.25, 0.3) is 28.1 Å². The summed E-state index contributed by atoms with van der Waals surface area (Å²) >= 11 is 6.06. The van der Waals surface area contributed by atoms with Crippen LogP contribution in [0.1, 0.15) is 13.8 Å². The predicted molar refractivity (Wildman–Crippen MR) is 119 cm³/mol. The van der Waals surface area contributed by atoms with Crippen LogP contribution in [0.2, 0.25) is 5.02 Å². The van der Waals surface area contributed by atoms with Crippen LogP contribution in [0.15, 0.2) is 54.7 Å². The number of nitrogens with zero attached hydrogens (tertiary/aromatic N) is 3. The van der Waals surface area contributed by atoms with Crippen LogP contribution in [-0.2, 0) is 6.54 Å². The van der Waals surface area contributed by atoms with Crippen LogP contribution >= 0.6 is 36.4 Å². The van der Waals surface area contributed by atoms with E-state index >= 15 is 0 Å². The number of para-hydroxylation sites is 2. The molecule has 7 heteroatoms. The number of benzene rings is 2. The van der Waals surface area contributed by atoms with E-state index in [9.17, 15) is 0 Å². The zero-order valence-electron chi connectivity index (χ0n) is 15.2. The molecular weight excluding hydrogens is 403 g/mol. The lowest BCUT2D eigenvalue weighted by atomic mass is 10.1. The Bertz CT molecular complexity index is 1020. The van der Waals surface area contributed by atoms with Gasteiger partial charge in [0.2, 0.25) is 5.78 Å². The minimum atomic E-state index is 0. The normalized spacial score (nSPS) is 11.0. The van der Waals surface area contributed by atoms with Crippen molar-refractivity contribution in [2.45, 2.75) is 26.4 Å². The largest absolute Gasteiger partial charge is 0.313 e. The lowest BCUT2D eigenvalue weighted by molar-refractivity contribution is 0.547. The fraction of sp³-hybridized carbons (Fsp3) is 0.250. The molecule has 4 rings (SSSR count). The van der Waals surface area contributed by atoms with E-state index in [0.29, 0.717) is 6.04 Å².